The number of carbonyl (C=O) groups excluding carboxylic acids is 2. The first kappa shape index (κ1) is 13.8. The van der Waals surface area contributed by atoms with Crippen LogP contribution in [0.3, 0.4) is 0 Å². The van der Waals surface area contributed by atoms with Gasteiger partial charge in [0.15, 0.2) is 0 Å². The molecule has 0 radical (unpaired) electrons. The van der Waals surface area contributed by atoms with Crippen LogP contribution in [0.1, 0.15) is 19.8 Å². The quantitative estimate of drug-likeness (QED) is 0.725. The van der Waals surface area contributed by atoms with Crippen LogP contribution in [0.15, 0.2) is 0 Å². The van der Waals surface area contributed by atoms with E-state index < -0.39 is 0 Å². The lowest BCUT2D eigenvalue weighted by molar-refractivity contribution is -0.145. The molecule has 2 amide bonds. The summed E-state index contributed by atoms with van der Waals surface area (Å²) < 4.78 is 9.99. The Morgan fingerprint density at radius 1 is 1.53 bits per heavy atom. The number of ether oxygens (including phenoxy) is 2. The molecule has 1 fully saturated rings. The monoisotopic (exact) mass is 244 g/mol. The lowest BCUT2D eigenvalue weighted by Crippen LogP contribution is -2.50. The van der Waals surface area contributed by atoms with Crippen molar-refractivity contribution in [2.24, 2.45) is 0 Å². The molecule has 1 aliphatic rings. The smallest absolute Gasteiger partial charge is 0.317 e. The van der Waals surface area contributed by atoms with Crippen molar-refractivity contribution in [2.75, 3.05) is 33.4 Å². The van der Waals surface area contributed by atoms with Gasteiger partial charge in [0, 0.05) is 19.6 Å². The average molecular weight is 244 g/mol. The molecule has 0 aromatic carbocycles. The lowest BCUT2D eigenvalue weighted by atomic mass is 10.2. The molecule has 98 valence electrons. The van der Waals surface area contributed by atoms with Crippen molar-refractivity contribution in [3.63, 3.8) is 0 Å². The first-order valence-corrected chi connectivity index (χ1v) is 5.88. The molecule has 1 saturated heterocycles. The number of morpholine rings is 1. The largest absolute Gasteiger partial charge is 0.469 e. The molecule has 1 heterocycles. The molecule has 0 saturated carbocycles. The van der Waals surface area contributed by atoms with Crippen molar-refractivity contribution in [1.29, 1.82) is 0 Å². The summed E-state index contributed by atoms with van der Waals surface area (Å²) in [6, 6.07) is -0.0926. The minimum absolute atomic E-state index is 0.0926. The van der Waals surface area contributed by atoms with Crippen LogP contribution in [0.4, 0.5) is 4.79 Å². The van der Waals surface area contributed by atoms with Gasteiger partial charge in [-0.05, 0) is 6.42 Å². The Morgan fingerprint density at radius 3 is 2.94 bits per heavy atom. The van der Waals surface area contributed by atoms with Crippen LogP contribution in [0, 0.1) is 0 Å². The Kier molecular flexibility index (Phi) is 5.76. The van der Waals surface area contributed by atoms with E-state index in [9.17, 15) is 9.59 Å². The summed E-state index contributed by atoms with van der Waals surface area (Å²) in [5.41, 5.74) is 0. The van der Waals surface area contributed by atoms with Gasteiger partial charge in [0.1, 0.15) is 0 Å². The number of rotatable bonds is 4. The van der Waals surface area contributed by atoms with Crippen LogP contribution >= 0.6 is 0 Å². The average Bonchev–Trinajstić information content (AvgIpc) is 2.36. The zero-order chi connectivity index (χ0) is 12.7. The number of nitrogens with one attached hydrogen (secondary N) is 1. The van der Waals surface area contributed by atoms with Gasteiger partial charge in [-0.15, -0.1) is 0 Å². The zero-order valence-electron chi connectivity index (χ0n) is 10.4. The van der Waals surface area contributed by atoms with Crippen molar-refractivity contribution in [1.82, 2.24) is 10.2 Å². The topological polar surface area (TPSA) is 67.9 Å². The maximum absolute atomic E-state index is 11.7. The van der Waals surface area contributed by atoms with Crippen LogP contribution in [-0.2, 0) is 14.3 Å². The molecule has 0 aliphatic carbocycles. The van der Waals surface area contributed by atoms with Gasteiger partial charge in [-0.25, -0.2) is 4.79 Å². The zero-order valence-corrected chi connectivity index (χ0v) is 10.4. The van der Waals surface area contributed by atoms with Crippen molar-refractivity contribution in [3.05, 3.63) is 0 Å². The number of hydrogen-bond donors (Lipinski definition) is 1. The minimum atomic E-state index is -0.314. The number of amides is 2. The number of urea groups is 1. The Balaban J connectivity index is 2.37. The second-order valence-corrected chi connectivity index (χ2v) is 3.95. The van der Waals surface area contributed by atoms with Gasteiger partial charge in [0.2, 0.25) is 0 Å². The molecule has 0 spiro atoms. The summed E-state index contributed by atoms with van der Waals surface area (Å²) in [7, 11) is 1.34. The highest BCUT2D eigenvalue weighted by molar-refractivity contribution is 5.74. The molecule has 0 bridgehead atoms. The van der Waals surface area contributed by atoms with Gasteiger partial charge in [0.05, 0.1) is 26.2 Å². The van der Waals surface area contributed by atoms with E-state index in [0.29, 0.717) is 26.2 Å². The number of methoxy groups -OCH3 is 1. The Bertz CT molecular complexity index is 270. The number of hydrogen-bond acceptors (Lipinski definition) is 4. The Labute approximate surface area is 101 Å². The molecule has 0 aromatic heterocycles. The molecule has 1 aliphatic heterocycles. The third kappa shape index (κ3) is 4.60. The molecule has 6 nitrogen and oxygen atoms in total. The molecular formula is C11H20N2O4. The van der Waals surface area contributed by atoms with Crippen LogP contribution in [0.25, 0.3) is 0 Å². The highest BCUT2D eigenvalue weighted by Crippen LogP contribution is 2.09. The van der Waals surface area contributed by atoms with E-state index in [4.69, 9.17) is 4.74 Å². The van der Waals surface area contributed by atoms with E-state index in [1.165, 1.54) is 7.11 Å². The standard InChI is InChI=1S/C11H20N2O4/c1-3-4-12-11(15)13-5-6-17-9(8-13)7-10(14)16-2/h9H,3-8H2,1-2H3,(H,12,15). The third-order valence-electron chi connectivity index (χ3n) is 2.57. The fraction of sp³-hybridized carbons (Fsp3) is 0.818. The molecule has 0 aromatic rings. The SMILES string of the molecule is CCCNC(=O)N1CCOC(CC(=O)OC)C1. The van der Waals surface area contributed by atoms with E-state index >= 15 is 0 Å². The lowest BCUT2D eigenvalue weighted by Gasteiger charge is -2.32. The molecule has 17 heavy (non-hydrogen) atoms. The highest BCUT2D eigenvalue weighted by Gasteiger charge is 2.25. The van der Waals surface area contributed by atoms with Gasteiger partial charge in [-0.2, -0.15) is 0 Å². The predicted molar refractivity (Wildman–Crippen MR) is 61.6 cm³/mol. The molecular weight excluding hydrogens is 224 g/mol. The second-order valence-electron chi connectivity index (χ2n) is 3.95. The van der Waals surface area contributed by atoms with Crippen LogP contribution < -0.4 is 5.32 Å². The molecule has 1 rings (SSSR count). The van der Waals surface area contributed by atoms with Gasteiger partial charge < -0.3 is 19.7 Å². The molecule has 1 unspecified atom stereocenters. The normalized spacial score (nSPS) is 19.9. The minimum Gasteiger partial charge on any atom is -0.469 e. The van der Waals surface area contributed by atoms with E-state index in [1.807, 2.05) is 6.92 Å². The fourth-order valence-corrected chi connectivity index (χ4v) is 1.64. The summed E-state index contributed by atoms with van der Waals surface area (Å²) in [6.07, 6.45) is 0.832. The third-order valence-corrected chi connectivity index (χ3v) is 2.57. The Morgan fingerprint density at radius 2 is 2.29 bits per heavy atom. The van der Waals surface area contributed by atoms with E-state index in [1.54, 1.807) is 4.90 Å². The van der Waals surface area contributed by atoms with Crippen molar-refractivity contribution >= 4 is 12.0 Å². The Hall–Kier alpha value is -1.30. The molecule has 1 atom stereocenters. The van der Waals surface area contributed by atoms with Crippen LogP contribution in [-0.4, -0.2) is 56.4 Å². The summed E-state index contributed by atoms with van der Waals surface area (Å²) in [4.78, 5) is 24.5. The number of nitrogens with zero attached hydrogens (tertiary/aromatic N) is 1. The summed E-state index contributed by atoms with van der Waals surface area (Å²) in [5.74, 6) is -0.314. The first-order valence-electron chi connectivity index (χ1n) is 5.88. The van der Waals surface area contributed by atoms with E-state index in [-0.39, 0.29) is 24.5 Å². The van der Waals surface area contributed by atoms with Gasteiger partial charge in [-0.3, -0.25) is 4.79 Å². The van der Waals surface area contributed by atoms with Gasteiger partial charge in [0.25, 0.3) is 0 Å². The summed E-state index contributed by atoms with van der Waals surface area (Å²) in [6.45, 7) is 4.12. The number of carbonyl (C=O) groups is 2. The van der Waals surface area contributed by atoms with Crippen LogP contribution in [0.5, 0.6) is 0 Å². The van der Waals surface area contributed by atoms with E-state index in [0.717, 1.165) is 6.42 Å². The first-order chi connectivity index (χ1) is 8.17. The van der Waals surface area contributed by atoms with Crippen LogP contribution in [0.2, 0.25) is 0 Å². The fourth-order valence-electron chi connectivity index (χ4n) is 1.64. The van der Waals surface area contributed by atoms with Crippen molar-refractivity contribution in [3.8, 4) is 0 Å². The summed E-state index contributed by atoms with van der Waals surface area (Å²) in [5, 5.41) is 2.81. The maximum Gasteiger partial charge on any atom is 0.317 e. The van der Waals surface area contributed by atoms with Gasteiger partial charge in [-0.1, -0.05) is 6.92 Å². The van der Waals surface area contributed by atoms with E-state index in [2.05, 4.69) is 10.1 Å². The summed E-state index contributed by atoms with van der Waals surface area (Å²) >= 11 is 0. The predicted octanol–water partition coefficient (Wildman–Crippen LogP) is 0.370. The maximum atomic E-state index is 11.7. The molecule has 6 heteroatoms. The highest BCUT2D eigenvalue weighted by atomic mass is 16.5. The molecule has 1 N–H and O–H groups in total. The van der Waals surface area contributed by atoms with Crippen molar-refractivity contribution < 1.29 is 19.1 Å². The van der Waals surface area contributed by atoms with Crippen molar-refractivity contribution in [2.45, 2.75) is 25.9 Å². The second kappa shape index (κ2) is 7.11. The van der Waals surface area contributed by atoms with Gasteiger partial charge >= 0.3 is 12.0 Å². The number of esters is 1.